The van der Waals surface area contributed by atoms with Crippen molar-refractivity contribution < 1.29 is 14.4 Å². The van der Waals surface area contributed by atoms with Crippen molar-refractivity contribution >= 4 is 11.8 Å². The summed E-state index contributed by atoms with van der Waals surface area (Å²) in [7, 11) is 0. The van der Waals surface area contributed by atoms with E-state index in [2.05, 4.69) is 13.2 Å². The first-order valence-corrected chi connectivity index (χ1v) is 4.27. The van der Waals surface area contributed by atoms with Gasteiger partial charge in [0.15, 0.2) is 0 Å². The Morgan fingerprint density at radius 2 is 1.79 bits per heavy atom. The normalized spacial score (nSPS) is 9.57. The Balaban J connectivity index is 4.00. The molecule has 0 saturated heterocycles. The maximum Gasteiger partial charge on any atom is 0.332 e. The van der Waals surface area contributed by atoms with Gasteiger partial charge < -0.3 is 4.84 Å². The Labute approximate surface area is 83.8 Å². The van der Waals surface area contributed by atoms with Gasteiger partial charge in [-0.15, -0.1) is 18.2 Å². The van der Waals surface area contributed by atoms with Crippen LogP contribution in [0.5, 0.6) is 0 Å². The highest BCUT2D eigenvalue weighted by Gasteiger charge is 2.10. The second-order valence-corrected chi connectivity index (χ2v) is 2.77. The summed E-state index contributed by atoms with van der Waals surface area (Å²) in [5, 5.41) is 1.38. The van der Waals surface area contributed by atoms with Gasteiger partial charge in [0, 0.05) is 0 Å². The first kappa shape index (κ1) is 12.6. The molecule has 0 aromatic carbocycles. The molecule has 78 valence electrons. The standard InChI is InChI=1S/C10H15NO3/c1-4-6-11(7-5-2)14-10(13)8-9(3)12/h4-5H,1-2,6-8H2,3H3. The minimum Gasteiger partial charge on any atom is -0.367 e. The Morgan fingerprint density at radius 1 is 1.29 bits per heavy atom. The third-order valence-electron chi connectivity index (χ3n) is 1.29. The minimum atomic E-state index is -0.554. The fraction of sp³-hybridized carbons (Fsp3) is 0.400. The van der Waals surface area contributed by atoms with Crippen LogP contribution in [0.1, 0.15) is 13.3 Å². The van der Waals surface area contributed by atoms with E-state index in [0.717, 1.165) is 0 Å². The molecule has 0 aliphatic carbocycles. The monoisotopic (exact) mass is 197 g/mol. The molecule has 0 atom stereocenters. The molecule has 0 saturated carbocycles. The molecule has 4 nitrogen and oxygen atoms in total. The van der Waals surface area contributed by atoms with Gasteiger partial charge in [-0.25, -0.2) is 4.79 Å². The van der Waals surface area contributed by atoms with Gasteiger partial charge in [-0.3, -0.25) is 4.79 Å². The zero-order chi connectivity index (χ0) is 11.0. The second kappa shape index (κ2) is 7.03. The Kier molecular flexibility index (Phi) is 6.32. The highest BCUT2D eigenvalue weighted by atomic mass is 16.7. The number of nitrogens with zero attached hydrogens (tertiary/aromatic N) is 1. The van der Waals surface area contributed by atoms with E-state index in [1.54, 1.807) is 12.2 Å². The maximum absolute atomic E-state index is 11.1. The lowest BCUT2D eigenvalue weighted by Gasteiger charge is -2.17. The van der Waals surface area contributed by atoms with E-state index in [-0.39, 0.29) is 12.2 Å². The average molecular weight is 197 g/mol. The molecule has 0 aliphatic heterocycles. The molecule has 0 radical (unpaired) electrons. The molecule has 0 unspecified atom stereocenters. The number of rotatable bonds is 7. The summed E-state index contributed by atoms with van der Waals surface area (Å²) in [4.78, 5) is 26.5. The topological polar surface area (TPSA) is 46.6 Å². The fourth-order valence-corrected chi connectivity index (χ4v) is 0.817. The zero-order valence-electron chi connectivity index (χ0n) is 8.36. The molecule has 4 heteroatoms. The molecule has 0 amide bonds. The highest BCUT2D eigenvalue weighted by molar-refractivity contribution is 5.93. The van der Waals surface area contributed by atoms with Crippen LogP contribution >= 0.6 is 0 Å². The first-order chi connectivity index (χ1) is 6.60. The summed E-state index contributed by atoms with van der Waals surface area (Å²) in [6.07, 6.45) is 3.00. The summed E-state index contributed by atoms with van der Waals surface area (Å²) in [6.45, 7) is 9.20. The highest BCUT2D eigenvalue weighted by Crippen LogP contribution is 1.95. The number of hydrogen-bond acceptors (Lipinski definition) is 4. The molecule has 0 fully saturated rings. The summed E-state index contributed by atoms with van der Waals surface area (Å²) in [5.74, 6) is -0.770. The molecule has 0 N–H and O–H groups in total. The SMILES string of the molecule is C=CCN(CC=C)OC(=O)CC(C)=O. The molecule has 0 rings (SSSR count). The Hall–Kier alpha value is -1.42. The van der Waals surface area contributed by atoms with Gasteiger partial charge in [-0.2, -0.15) is 0 Å². The van der Waals surface area contributed by atoms with Gasteiger partial charge in [0.1, 0.15) is 12.2 Å². The molecule has 0 aromatic rings. The van der Waals surface area contributed by atoms with E-state index < -0.39 is 5.97 Å². The number of ketones is 1. The third kappa shape index (κ3) is 6.14. The molecule has 14 heavy (non-hydrogen) atoms. The largest absolute Gasteiger partial charge is 0.367 e. The van der Waals surface area contributed by atoms with Crippen molar-refractivity contribution in [3.8, 4) is 0 Å². The third-order valence-corrected chi connectivity index (χ3v) is 1.29. The van der Waals surface area contributed by atoms with Crippen LogP contribution in [0.4, 0.5) is 0 Å². The number of carbonyl (C=O) groups is 2. The van der Waals surface area contributed by atoms with Crippen LogP contribution in [0.15, 0.2) is 25.3 Å². The van der Waals surface area contributed by atoms with E-state index in [1.807, 2.05) is 0 Å². The lowest BCUT2D eigenvalue weighted by Crippen LogP contribution is -2.28. The van der Waals surface area contributed by atoms with Gasteiger partial charge >= 0.3 is 5.97 Å². The van der Waals surface area contributed by atoms with Crippen LogP contribution in [0, 0.1) is 0 Å². The van der Waals surface area contributed by atoms with E-state index >= 15 is 0 Å². The molecule has 0 heterocycles. The van der Waals surface area contributed by atoms with Crippen LogP contribution in [-0.4, -0.2) is 29.9 Å². The van der Waals surface area contributed by atoms with Crippen LogP contribution in [-0.2, 0) is 14.4 Å². The molecular weight excluding hydrogens is 182 g/mol. The van der Waals surface area contributed by atoms with Crippen molar-refractivity contribution in [2.45, 2.75) is 13.3 Å². The second-order valence-electron chi connectivity index (χ2n) is 2.77. The Bertz CT molecular complexity index is 226. The lowest BCUT2D eigenvalue weighted by molar-refractivity contribution is -0.185. The van der Waals surface area contributed by atoms with E-state index in [1.165, 1.54) is 12.0 Å². The number of hydroxylamine groups is 2. The van der Waals surface area contributed by atoms with Crippen molar-refractivity contribution in [3.05, 3.63) is 25.3 Å². The van der Waals surface area contributed by atoms with Crippen LogP contribution in [0.25, 0.3) is 0 Å². The smallest absolute Gasteiger partial charge is 0.332 e. The zero-order valence-corrected chi connectivity index (χ0v) is 8.36. The van der Waals surface area contributed by atoms with E-state index in [4.69, 9.17) is 4.84 Å². The van der Waals surface area contributed by atoms with E-state index in [9.17, 15) is 9.59 Å². The summed E-state index contributed by atoms with van der Waals surface area (Å²) in [5.41, 5.74) is 0. The first-order valence-electron chi connectivity index (χ1n) is 4.27. The summed E-state index contributed by atoms with van der Waals surface area (Å²) >= 11 is 0. The van der Waals surface area contributed by atoms with Gasteiger partial charge in [-0.1, -0.05) is 12.2 Å². The minimum absolute atomic E-state index is 0.204. The van der Waals surface area contributed by atoms with Gasteiger partial charge in [0.05, 0.1) is 13.1 Å². The predicted octanol–water partition coefficient (Wildman–Crippen LogP) is 1.10. The summed E-state index contributed by atoms with van der Waals surface area (Å²) < 4.78 is 0. The van der Waals surface area contributed by atoms with Gasteiger partial charge in [-0.05, 0) is 6.92 Å². The maximum atomic E-state index is 11.1. The van der Waals surface area contributed by atoms with E-state index in [0.29, 0.717) is 13.1 Å². The quantitative estimate of drug-likeness (QED) is 0.348. The summed E-state index contributed by atoms with van der Waals surface area (Å²) in [6, 6.07) is 0. The number of hydrogen-bond donors (Lipinski definition) is 0. The molecule has 0 aromatic heterocycles. The van der Waals surface area contributed by atoms with Crippen molar-refractivity contribution in [1.29, 1.82) is 0 Å². The average Bonchev–Trinajstić information content (AvgIpc) is 2.03. The lowest BCUT2D eigenvalue weighted by atomic mass is 10.3. The van der Waals surface area contributed by atoms with Crippen LogP contribution < -0.4 is 0 Å². The van der Waals surface area contributed by atoms with Gasteiger partial charge in [0.2, 0.25) is 0 Å². The van der Waals surface area contributed by atoms with Crippen molar-refractivity contribution in [1.82, 2.24) is 5.06 Å². The van der Waals surface area contributed by atoms with Crippen LogP contribution in [0.2, 0.25) is 0 Å². The van der Waals surface area contributed by atoms with Crippen molar-refractivity contribution in [2.24, 2.45) is 0 Å². The van der Waals surface area contributed by atoms with Crippen LogP contribution in [0.3, 0.4) is 0 Å². The number of carbonyl (C=O) groups excluding carboxylic acids is 2. The molecule has 0 bridgehead atoms. The Morgan fingerprint density at radius 3 is 2.14 bits per heavy atom. The molecule has 0 spiro atoms. The fourth-order valence-electron chi connectivity index (χ4n) is 0.817. The number of Topliss-reactive ketones (excluding diaryl/α,β-unsaturated/α-hetero) is 1. The van der Waals surface area contributed by atoms with Crippen molar-refractivity contribution in [3.63, 3.8) is 0 Å². The predicted molar refractivity (Wildman–Crippen MR) is 53.4 cm³/mol. The van der Waals surface area contributed by atoms with Crippen molar-refractivity contribution in [2.75, 3.05) is 13.1 Å². The van der Waals surface area contributed by atoms with Gasteiger partial charge in [0.25, 0.3) is 0 Å². The molecule has 0 aliphatic rings. The molecular formula is C10H15NO3.